The second-order valence-electron chi connectivity index (χ2n) is 5.67. The third-order valence-corrected chi connectivity index (χ3v) is 4.30. The van der Waals surface area contributed by atoms with E-state index in [1.165, 1.54) is 19.3 Å². The highest BCUT2D eigenvalue weighted by molar-refractivity contribution is 5.43. The fourth-order valence-corrected chi connectivity index (χ4v) is 2.66. The maximum atomic E-state index is 11.0. The van der Waals surface area contributed by atoms with Gasteiger partial charge in [0.05, 0.1) is 4.92 Å². The van der Waals surface area contributed by atoms with Crippen molar-refractivity contribution in [3.8, 4) is 0 Å². The van der Waals surface area contributed by atoms with Crippen LogP contribution in [0.4, 0.5) is 5.69 Å². The third-order valence-electron chi connectivity index (χ3n) is 4.30. The molecule has 2 atom stereocenters. The summed E-state index contributed by atoms with van der Waals surface area (Å²) in [5.74, 6) is 0.767. The van der Waals surface area contributed by atoms with Gasteiger partial charge in [-0.25, -0.2) is 0 Å². The normalized spacial score (nSPS) is 18.7. The quantitative estimate of drug-likeness (QED) is 0.649. The van der Waals surface area contributed by atoms with E-state index in [1.54, 1.807) is 13.0 Å². The zero-order chi connectivity index (χ0) is 14.0. The molecule has 1 N–H and O–H groups in total. The number of nitro groups is 1. The minimum Gasteiger partial charge on any atom is -0.307 e. The first-order valence-corrected chi connectivity index (χ1v) is 7.00. The Kier molecular flexibility index (Phi) is 4.20. The van der Waals surface area contributed by atoms with Gasteiger partial charge in [0.1, 0.15) is 0 Å². The van der Waals surface area contributed by atoms with Gasteiger partial charge in [-0.1, -0.05) is 18.6 Å². The predicted octanol–water partition coefficient (Wildman–Crippen LogP) is 3.74. The Morgan fingerprint density at radius 1 is 1.37 bits per heavy atom. The standard InChI is InChI=1S/C15H22N2O2/c1-10-7-8-14(9-15(10)17(18)19)12(3)16-11(2)13-5-4-6-13/h7-9,11-13,16H,4-6H2,1-3H3. The predicted molar refractivity (Wildman–Crippen MR) is 76.2 cm³/mol. The highest BCUT2D eigenvalue weighted by Crippen LogP contribution is 2.31. The summed E-state index contributed by atoms with van der Waals surface area (Å²) in [5.41, 5.74) is 1.92. The topological polar surface area (TPSA) is 55.2 Å². The van der Waals surface area contributed by atoms with Gasteiger partial charge in [-0.15, -0.1) is 0 Å². The van der Waals surface area contributed by atoms with Crippen LogP contribution in [0.3, 0.4) is 0 Å². The number of hydrogen-bond acceptors (Lipinski definition) is 3. The van der Waals surface area contributed by atoms with Crippen LogP contribution in [-0.4, -0.2) is 11.0 Å². The zero-order valence-electron chi connectivity index (χ0n) is 11.8. The Morgan fingerprint density at radius 2 is 2.05 bits per heavy atom. The molecular formula is C15H22N2O2. The van der Waals surface area contributed by atoms with Crippen molar-refractivity contribution in [3.05, 3.63) is 39.4 Å². The van der Waals surface area contributed by atoms with Gasteiger partial charge >= 0.3 is 0 Å². The van der Waals surface area contributed by atoms with E-state index >= 15 is 0 Å². The van der Waals surface area contributed by atoms with Gasteiger partial charge in [0, 0.05) is 23.7 Å². The number of benzene rings is 1. The average molecular weight is 262 g/mol. The largest absolute Gasteiger partial charge is 0.307 e. The lowest BCUT2D eigenvalue weighted by atomic mass is 9.80. The first-order valence-electron chi connectivity index (χ1n) is 7.00. The van der Waals surface area contributed by atoms with Gasteiger partial charge in [0.15, 0.2) is 0 Å². The first-order chi connectivity index (χ1) is 8.99. The summed E-state index contributed by atoms with van der Waals surface area (Å²) in [7, 11) is 0. The molecule has 0 heterocycles. The van der Waals surface area contributed by atoms with Crippen molar-refractivity contribution in [1.29, 1.82) is 0 Å². The molecule has 0 radical (unpaired) electrons. The molecule has 19 heavy (non-hydrogen) atoms. The number of nitro benzene ring substituents is 1. The lowest BCUT2D eigenvalue weighted by Gasteiger charge is -2.34. The van der Waals surface area contributed by atoms with E-state index in [2.05, 4.69) is 19.2 Å². The van der Waals surface area contributed by atoms with Crippen molar-refractivity contribution in [2.75, 3.05) is 0 Å². The molecule has 1 aliphatic rings. The molecular weight excluding hydrogens is 240 g/mol. The van der Waals surface area contributed by atoms with Crippen LogP contribution in [0.2, 0.25) is 0 Å². The Hall–Kier alpha value is -1.42. The molecule has 1 saturated carbocycles. The third kappa shape index (κ3) is 3.13. The zero-order valence-corrected chi connectivity index (χ0v) is 11.8. The lowest BCUT2D eigenvalue weighted by molar-refractivity contribution is -0.385. The minimum atomic E-state index is -0.305. The Bertz CT molecular complexity index is 469. The van der Waals surface area contributed by atoms with Crippen molar-refractivity contribution in [2.24, 2.45) is 5.92 Å². The Balaban J connectivity index is 2.07. The summed E-state index contributed by atoms with van der Waals surface area (Å²) >= 11 is 0. The van der Waals surface area contributed by atoms with Gasteiger partial charge in [-0.2, -0.15) is 0 Å². The van der Waals surface area contributed by atoms with Crippen LogP contribution >= 0.6 is 0 Å². The van der Waals surface area contributed by atoms with Crippen LogP contribution < -0.4 is 5.32 Å². The van der Waals surface area contributed by atoms with Crippen LogP contribution in [0.5, 0.6) is 0 Å². The molecule has 0 amide bonds. The number of rotatable bonds is 5. The summed E-state index contributed by atoms with van der Waals surface area (Å²) in [6.07, 6.45) is 3.94. The summed E-state index contributed by atoms with van der Waals surface area (Å²) in [6, 6.07) is 6.13. The molecule has 1 aromatic rings. The molecule has 1 aliphatic carbocycles. The van der Waals surface area contributed by atoms with Gasteiger partial charge in [0.2, 0.25) is 0 Å². The summed E-state index contributed by atoms with van der Waals surface area (Å²) < 4.78 is 0. The molecule has 2 rings (SSSR count). The van der Waals surface area contributed by atoms with E-state index in [0.29, 0.717) is 11.6 Å². The van der Waals surface area contributed by atoms with E-state index in [4.69, 9.17) is 0 Å². The van der Waals surface area contributed by atoms with E-state index in [9.17, 15) is 10.1 Å². The first kappa shape index (κ1) is 14.0. The molecule has 0 spiro atoms. The van der Waals surface area contributed by atoms with Crippen molar-refractivity contribution in [3.63, 3.8) is 0 Å². The van der Waals surface area contributed by atoms with Crippen LogP contribution in [0.25, 0.3) is 0 Å². The summed E-state index contributed by atoms with van der Waals surface area (Å²) in [6.45, 7) is 6.06. The van der Waals surface area contributed by atoms with Crippen molar-refractivity contribution < 1.29 is 4.92 Å². The Morgan fingerprint density at radius 3 is 2.58 bits per heavy atom. The maximum Gasteiger partial charge on any atom is 0.272 e. The fourth-order valence-electron chi connectivity index (χ4n) is 2.66. The van der Waals surface area contributed by atoms with Crippen LogP contribution in [0, 0.1) is 23.0 Å². The highest BCUT2D eigenvalue weighted by atomic mass is 16.6. The van der Waals surface area contributed by atoms with E-state index in [1.807, 2.05) is 12.1 Å². The molecule has 0 aliphatic heterocycles. The Labute approximate surface area is 114 Å². The number of aryl methyl sites for hydroxylation is 1. The molecule has 4 nitrogen and oxygen atoms in total. The molecule has 0 saturated heterocycles. The van der Waals surface area contributed by atoms with E-state index < -0.39 is 0 Å². The second-order valence-corrected chi connectivity index (χ2v) is 5.67. The SMILES string of the molecule is Cc1ccc(C(C)NC(C)C2CCC2)cc1[N+](=O)[O-]. The van der Waals surface area contributed by atoms with E-state index in [-0.39, 0.29) is 16.7 Å². The lowest BCUT2D eigenvalue weighted by Crippen LogP contribution is -2.38. The summed E-state index contributed by atoms with van der Waals surface area (Å²) in [4.78, 5) is 10.7. The van der Waals surface area contributed by atoms with Crippen LogP contribution in [-0.2, 0) is 0 Å². The highest BCUT2D eigenvalue weighted by Gasteiger charge is 2.25. The van der Waals surface area contributed by atoms with Crippen LogP contribution in [0.1, 0.15) is 50.3 Å². The average Bonchev–Trinajstić information content (AvgIpc) is 2.26. The smallest absolute Gasteiger partial charge is 0.272 e. The molecule has 1 aromatic carbocycles. The molecule has 2 unspecified atom stereocenters. The van der Waals surface area contributed by atoms with Gasteiger partial charge < -0.3 is 5.32 Å². The monoisotopic (exact) mass is 262 g/mol. The second kappa shape index (κ2) is 5.70. The van der Waals surface area contributed by atoms with Gasteiger partial charge in [-0.05, 0) is 45.1 Å². The number of nitrogens with one attached hydrogen (secondary N) is 1. The fraction of sp³-hybridized carbons (Fsp3) is 0.600. The van der Waals surface area contributed by atoms with Gasteiger partial charge in [-0.3, -0.25) is 10.1 Å². The number of hydrogen-bond donors (Lipinski definition) is 1. The van der Waals surface area contributed by atoms with Gasteiger partial charge in [0.25, 0.3) is 5.69 Å². The molecule has 0 bridgehead atoms. The number of nitrogens with zero attached hydrogens (tertiary/aromatic N) is 1. The van der Waals surface area contributed by atoms with Crippen molar-refractivity contribution >= 4 is 5.69 Å². The van der Waals surface area contributed by atoms with Crippen molar-refractivity contribution in [1.82, 2.24) is 5.32 Å². The maximum absolute atomic E-state index is 11.0. The molecule has 1 fully saturated rings. The molecule has 4 heteroatoms. The van der Waals surface area contributed by atoms with E-state index in [0.717, 1.165) is 11.5 Å². The van der Waals surface area contributed by atoms with Crippen molar-refractivity contribution in [2.45, 2.75) is 52.1 Å². The molecule has 104 valence electrons. The summed E-state index contributed by atoms with van der Waals surface area (Å²) in [5, 5.41) is 14.5. The molecule has 0 aromatic heterocycles. The minimum absolute atomic E-state index is 0.148. The van der Waals surface area contributed by atoms with Crippen LogP contribution in [0.15, 0.2) is 18.2 Å².